The molecule has 5 nitrogen and oxygen atoms in total. The van der Waals surface area contributed by atoms with E-state index in [0.717, 1.165) is 0 Å². The summed E-state index contributed by atoms with van der Waals surface area (Å²) in [5, 5.41) is 2.98. The quantitative estimate of drug-likeness (QED) is 0.737. The van der Waals surface area contributed by atoms with E-state index in [9.17, 15) is 12.8 Å². The van der Waals surface area contributed by atoms with Gasteiger partial charge in [-0.3, -0.25) is 0 Å². The Labute approximate surface area is 123 Å². The van der Waals surface area contributed by atoms with Crippen LogP contribution >= 0.6 is 0 Å². The SMILES string of the molecule is CNS(=O)(=O)c1cc(N)ccc1NCc1cccc(F)c1. The number of hydrogen-bond donors (Lipinski definition) is 3. The molecule has 0 saturated heterocycles. The molecular weight excluding hydrogens is 293 g/mol. The molecule has 0 aromatic heterocycles. The largest absolute Gasteiger partial charge is 0.399 e. The fourth-order valence-electron chi connectivity index (χ4n) is 1.86. The van der Waals surface area contributed by atoms with E-state index >= 15 is 0 Å². The highest BCUT2D eigenvalue weighted by molar-refractivity contribution is 7.89. The van der Waals surface area contributed by atoms with Gasteiger partial charge in [-0.25, -0.2) is 17.5 Å². The maximum Gasteiger partial charge on any atom is 0.242 e. The molecule has 112 valence electrons. The molecule has 4 N–H and O–H groups in total. The van der Waals surface area contributed by atoms with E-state index in [2.05, 4.69) is 10.0 Å². The third-order valence-corrected chi connectivity index (χ3v) is 4.39. The van der Waals surface area contributed by atoms with Crippen molar-refractivity contribution >= 4 is 21.4 Å². The van der Waals surface area contributed by atoms with Gasteiger partial charge in [0.15, 0.2) is 0 Å². The monoisotopic (exact) mass is 309 g/mol. The van der Waals surface area contributed by atoms with Crippen LogP contribution in [0.2, 0.25) is 0 Å². The predicted octanol–water partition coefficient (Wildman–Crippen LogP) is 1.93. The molecule has 21 heavy (non-hydrogen) atoms. The first kappa shape index (κ1) is 15.3. The van der Waals surface area contributed by atoms with Crippen molar-refractivity contribution in [2.75, 3.05) is 18.1 Å². The molecule has 0 unspecified atom stereocenters. The van der Waals surface area contributed by atoms with Gasteiger partial charge in [-0.15, -0.1) is 0 Å². The van der Waals surface area contributed by atoms with Crippen LogP contribution in [0.15, 0.2) is 47.4 Å². The van der Waals surface area contributed by atoms with Crippen LogP contribution in [0, 0.1) is 5.82 Å². The Kier molecular flexibility index (Phi) is 4.44. The molecule has 0 amide bonds. The number of hydrogen-bond acceptors (Lipinski definition) is 4. The van der Waals surface area contributed by atoms with Crippen LogP contribution < -0.4 is 15.8 Å². The first-order valence-electron chi connectivity index (χ1n) is 6.24. The standard InChI is InChI=1S/C14H16FN3O2S/c1-17-21(19,20)14-8-12(16)5-6-13(14)18-9-10-3-2-4-11(15)7-10/h2-8,17-18H,9,16H2,1H3. The Morgan fingerprint density at radius 3 is 2.62 bits per heavy atom. The minimum Gasteiger partial charge on any atom is -0.399 e. The molecule has 7 heteroatoms. The van der Waals surface area contributed by atoms with Gasteiger partial charge in [0.25, 0.3) is 0 Å². The summed E-state index contributed by atoms with van der Waals surface area (Å²) in [6.45, 7) is 0.300. The summed E-state index contributed by atoms with van der Waals surface area (Å²) < 4.78 is 39.3. The van der Waals surface area contributed by atoms with Crippen molar-refractivity contribution in [2.45, 2.75) is 11.4 Å². The van der Waals surface area contributed by atoms with Crippen LogP contribution in [0.25, 0.3) is 0 Å². The lowest BCUT2D eigenvalue weighted by molar-refractivity contribution is 0.588. The molecule has 0 aliphatic carbocycles. The molecule has 0 aliphatic rings. The molecular formula is C14H16FN3O2S. The molecule has 2 aromatic carbocycles. The third kappa shape index (κ3) is 3.71. The van der Waals surface area contributed by atoms with Gasteiger partial charge in [0.1, 0.15) is 10.7 Å². The van der Waals surface area contributed by atoms with Crippen LogP contribution in [0.3, 0.4) is 0 Å². The van der Waals surface area contributed by atoms with Gasteiger partial charge in [0.2, 0.25) is 10.0 Å². The number of nitrogens with one attached hydrogen (secondary N) is 2. The zero-order chi connectivity index (χ0) is 15.5. The summed E-state index contributed by atoms with van der Waals surface area (Å²) in [5.41, 5.74) is 7.10. The average Bonchev–Trinajstić information content (AvgIpc) is 2.46. The van der Waals surface area contributed by atoms with Gasteiger partial charge >= 0.3 is 0 Å². The van der Waals surface area contributed by atoms with Crippen molar-refractivity contribution in [3.05, 3.63) is 53.8 Å². The van der Waals surface area contributed by atoms with E-state index in [4.69, 9.17) is 5.73 Å². The van der Waals surface area contributed by atoms with E-state index in [0.29, 0.717) is 23.5 Å². The lowest BCUT2D eigenvalue weighted by atomic mass is 10.2. The fraction of sp³-hybridized carbons (Fsp3) is 0.143. The Morgan fingerprint density at radius 2 is 1.95 bits per heavy atom. The lowest BCUT2D eigenvalue weighted by Gasteiger charge is -2.13. The number of halogens is 1. The maximum atomic E-state index is 13.1. The second kappa shape index (κ2) is 6.11. The molecule has 0 radical (unpaired) electrons. The van der Waals surface area contributed by atoms with Gasteiger partial charge in [-0.2, -0.15) is 0 Å². The molecule has 0 aliphatic heterocycles. The zero-order valence-corrected chi connectivity index (χ0v) is 12.2. The summed E-state index contributed by atoms with van der Waals surface area (Å²) in [6.07, 6.45) is 0. The van der Waals surface area contributed by atoms with Gasteiger partial charge in [-0.1, -0.05) is 12.1 Å². The van der Waals surface area contributed by atoms with Crippen molar-refractivity contribution < 1.29 is 12.8 Å². The summed E-state index contributed by atoms with van der Waals surface area (Å²) in [6, 6.07) is 10.6. The highest BCUT2D eigenvalue weighted by Gasteiger charge is 2.16. The lowest BCUT2D eigenvalue weighted by Crippen LogP contribution is -2.20. The molecule has 2 aromatic rings. The van der Waals surface area contributed by atoms with Crippen LogP contribution in [0.1, 0.15) is 5.56 Å². The summed E-state index contributed by atoms with van der Waals surface area (Å²) in [4.78, 5) is 0.0569. The van der Waals surface area contributed by atoms with E-state index in [-0.39, 0.29) is 10.7 Å². The van der Waals surface area contributed by atoms with E-state index < -0.39 is 10.0 Å². The number of anilines is 2. The van der Waals surface area contributed by atoms with E-state index in [1.165, 1.54) is 25.2 Å². The van der Waals surface area contributed by atoms with Crippen LogP contribution in [-0.2, 0) is 16.6 Å². The topological polar surface area (TPSA) is 84.2 Å². The number of sulfonamides is 1. The van der Waals surface area contributed by atoms with Gasteiger partial charge in [0, 0.05) is 12.2 Å². The van der Waals surface area contributed by atoms with Gasteiger partial charge < -0.3 is 11.1 Å². The Bertz CT molecular complexity index is 748. The summed E-state index contributed by atoms with van der Waals surface area (Å²) in [5.74, 6) is -0.338. The van der Waals surface area contributed by atoms with Gasteiger partial charge in [-0.05, 0) is 42.9 Å². The number of nitrogens with two attached hydrogens (primary N) is 1. The maximum absolute atomic E-state index is 13.1. The number of nitrogen functional groups attached to an aromatic ring is 1. The van der Waals surface area contributed by atoms with Crippen molar-refractivity contribution in [1.82, 2.24) is 4.72 Å². The molecule has 0 fully saturated rings. The van der Waals surface area contributed by atoms with Gasteiger partial charge in [0.05, 0.1) is 5.69 Å². The highest BCUT2D eigenvalue weighted by Crippen LogP contribution is 2.24. The van der Waals surface area contributed by atoms with Crippen molar-refractivity contribution in [1.29, 1.82) is 0 Å². The zero-order valence-electron chi connectivity index (χ0n) is 11.4. The van der Waals surface area contributed by atoms with E-state index in [1.54, 1.807) is 24.3 Å². The average molecular weight is 309 g/mol. The van der Waals surface area contributed by atoms with Crippen LogP contribution in [-0.4, -0.2) is 15.5 Å². The Hall–Kier alpha value is -2.12. The first-order chi connectivity index (χ1) is 9.92. The van der Waals surface area contributed by atoms with Crippen molar-refractivity contribution in [3.63, 3.8) is 0 Å². The Morgan fingerprint density at radius 1 is 1.19 bits per heavy atom. The molecule has 0 heterocycles. The molecule has 0 bridgehead atoms. The second-order valence-electron chi connectivity index (χ2n) is 4.45. The smallest absolute Gasteiger partial charge is 0.242 e. The van der Waals surface area contributed by atoms with E-state index in [1.807, 2.05) is 0 Å². The minimum absolute atomic E-state index is 0.0569. The minimum atomic E-state index is -3.63. The van der Waals surface area contributed by atoms with Crippen molar-refractivity contribution in [3.8, 4) is 0 Å². The van der Waals surface area contributed by atoms with Crippen LogP contribution in [0.4, 0.5) is 15.8 Å². The molecule has 0 spiro atoms. The highest BCUT2D eigenvalue weighted by atomic mass is 32.2. The summed E-state index contributed by atoms with van der Waals surface area (Å²) in [7, 11) is -2.30. The number of rotatable bonds is 5. The normalized spacial score (nSPS) is 11.3. The number of benzene rings is 2. The Balaban J connectivity index is 2.28. The second-order valence-corrected chi connectivity index (χ2v) is 6.30. The fourth-order valence-corrected chi connectivity index (χ4v) is 2.80. The van der Waals surface area contributed by atoms with Crippen LogP contribution in [0.5, 0.6) is 0 Å². The molecule has 0 saturated carbocycles. The first-order valence-corrected chi connectivity index (χ1v) is 7.72. The summed E-state index contributed by atoms with van der Waals surface area (Å²) >= 11 is 0. The third-order valence-electron chi connectivity index (χ3n) is 2.94. The molecule has 0 atom stereocenters. The molecule has 2 rings (SSSR count). The predicted molar refractivity (Wildman–Crippen MR) is 80.8 cm³/mol. The van der Waals surface area contributed by atoms with Crippen molar-refractivity contribution in [2.24, 2.45) is 0 Å².